The molecule has 1 saturated carbocycles. The molecule has 2 aliphatic rings. The van der Waals surface area contributed by atoms with Gasteiger partial charge in [-0.05, 0) is 31.4 Å². The minimum absolute atomic E-state index is 0.259. The van der Waals surface area contributed by atoms with Crippen LogP contribution in [0.5, 0.6) is 0 Å². The molecule has 8 heteroatoms. The van der Waals surface area contributed by atoms with Crippen LogP contribution in [-0.2, 0) is 9.59 Å². The normalized spacial score (nSPS) is 34.7. The SMILES string of the molecule is O=C(O)C1CC2(CC(NC(=O)C(F)(F)F)CCS2)C1. The van der Waals surface area contributed by atoms with Crippen LogP contribution in [-0.4, -0.2) is 39.7 Å². The summed E-state index contributed by atoms with van der Waals surface area (Å²) in [7, 11) is 0. The number of amides is 1. The molecule has 4 nitrogen and oxygen atoms in total. The molecule has 0 bridgehead atoms. The Hall–Kier alpha value is -0.920. The number of alkyl halides is 3. The van der Waals surface area contributed by atoms with Crippen molar-refractivity contribution in [2.45, 2.75) is 42.6 Å². The quantitative estimate of drug-likeness (QED) is 0.815. The summed E-state index contributed by atoms with van der Waals surface area (Å²) in [5.41, 5.74) is 0. The summed E-state index contributed by atoms with van der Waals surface area (Å²) in [4.78, 5) is 21.7. The van der Waals surface area contributed by atoms with E-state index in [1.165, 1.54) is 0 Å². The molecule has 2 N–H and O–H groups in total. The van der Waals surface area contributed by atoms with Crippen molar-refractivity contribution in [2.24, 2.45) is 5.92 Å². The molecule has 1 heterocycles. The summed E-state index contributed by atoms with van der Waals surface area (Å²) in [6.45, 7) is 0. The zero-order valence-corrected chi connectivity index (χ0v) is 10.8. The Morgan fingerprint density at radius 3 is 2.42 bits per heavy atom. The molecule has 1 saturated heterocycles. The fourth-order valence-corrected chi connectivity index (χ4v) is 4.51. The first-order chi connectivity index (χ1) is 8.72. The van der Waals surface area contributed by atoms with Gasteiger partial charge in [0.2, 0.25) is 0 Å². The second kappa shape index (κ2) is 4.88. The Kier molecular flexibility index (Phi) is 3.72. The van der Waals surface area contributed by atoms with E-state index >= 15 is 0 Å². The van der Waals surface area contributed by atoms with E-state index in [1.807, 2.05) is 5.32 Å². The molecule has 0 radical (unpaired) electrons. The van der Waals surface area contributed by atoms with Gasteiger partial charge < -0.3 is 10.4 Å². The molecule has 1 aliphatic heterocycles. The molecule has 1 spiro atoms. The maximum absolute atomic E-state index is 12.2. The van der Waals surface area contributed by atoms with Crippen LogP contribution in [0.1, 0.15) is 25.7 Å². The van der Waals surface area contributed by atoms with Gasteiger partial charge in [0.25, 0.3) is 0 Å². The van der Waals surface area contributed by atoms with Crippen molar-refractivity contribution in [1.29, 1.82) is 0 Å². The van der Waals surface area contributed by atoms with Crippen LogP contribution in [0.4, 0.5) is 13.2 Å². The van der Waals surface area contributed by atoms with Crippen LogP contribution in [0.15, 0.2) is 0 Å². The van der Waals surface area contributed by atoms with Gasteiger partial charge in [0, 0.05) is 10.8 Å². The smallest absolute Gasteiger partial charge is 0.471 e. The highest BCUT2D eigenvalue weighted by Gasteiger charge is 2.51. The summed E-state index contributed by atoms with van der Waals surface area (Å²) in [6, 6.07) is -0.509. The highest BCUT2D eigenvalue weighted by molar-refractivity contribution is 8.00. The lowest BCUT2D eigenvalue weighted by Crippen LogP contribution is -2.53. The molecular weight excluding hydrogens is 283 g/mol. The van der Waals surface area contributed by atoms with E-state index in [9.17, 15) is 22.8 Å². The zero-order chi connectivity index (χ0) is 14.3. The Morgan fingerprint density at radius 2 is 1.89 bits per heavy atom. The van der Waals surface area contributed by atoms with E-state index in [2.05, 4.69) is 0 Å². The number of carbonyl (C=O) groups is 2. The molecule has 0 aromatic carbocycles. The molecule has 19 heavy (non-hydrogen) atoms. The topological polar surface area (TPSA) is 66.4 Å². The number of rotatable bonds is 2. The maximum atomic E-state index is 12.2. The Balaban J connectivity index is 1.89. The highest BCUT2D eigenvalue weighted by atomic mass is 32.2. The maximum Gasteiger partial charge on any atom is 0.471 e. The average molecular weight is 297 g/mol. The molecule has 1 atom stereocenters. The number of halogens is 3. The van der Waals surface area contributed by atoms with E-state index in [1.54, 1.807) is 11.8 Å². The monoisotopic (exact) mass is 297 g/mol. The third-order valence-corrected chi connectivity index (χ3v) is 5.22. The van der Waals surface area contributed by atoms with Crippen molar-refractivity contribution < 1.29 is 27.9 Å². The van der Waals surface area contributed by atoms with Crippen LogP contribution in [0, 0.1) is 5.92 Å². The first-order valence-corrected chi connectivity index (χ1v) is 6.95. The molecule has 1 unspecified atom stereocenters. The zero-order valence-electron chi connectivity index (χ0n) is 10.00. The minimum atomic E-state index is -4.86. The van der Waals surface area contributed by atoms with Crippen molar-refractivity contribution in [3.63, 3.8) is 0 Å². The first-order valence-electron chi connectivity index (χ1n) is 5.96. The molecule has 2 fully saturated rings. The molecule has 1 amide bonds. The van der Waals surface area contributed by atoms with Crippen molar-refractivity contribution in [3.05, 3.63) is 0 Å². The summed E-state index contributed by atoms with van der Waals surface area (Å²) in [5.74, 6) is -2.51. The lowest BCUT2D eigenvalue weighted by Gasteiger charge is -2.50. The third kappa shape index (κ3) is 3.16. The summed E-state index contributed by atoms with van der Waals surface area (Å²) >= 11 is 1.62. The van der Waals surface area contributed by atoms with Crippen LogP contribution in [0.2, 0.25) is 0 Å². The summed E-state index contributed by atoms with van der Waals surface area (Å²) in [5, 5.41) is 10.8. The molecule has 0 aromatic rings. The predicted molar refractivity (Wildman–Crippen MR) is 62.8 cm³/mol. The van der Waals surface area contributed by atoms with Gasteiger partial charge in [0.05, 0.1) is 5.92 Å². The molecular formula is C11H14F3NO3S. The van der Waals surface area contributed by atoms with Gasteiger partial charge in [-0.15, -0.1) is 0 Å². The van der Waals surface area contributed by atoms with Crippen LogP contribution < -0.4 is 5.32 Å². The Morgan fingerprint density at radius 1 is 1.26 bits per heavy atom. The van der Waals surface area contributed by atoms with Crippen LogP contribution >= 0.6 is 11.8 Å². The van der Waals surface area contributed by atoms with Crippen molar-refractivity contribution in [3.8, 4) is 0 Å². The van der Waals surface area contributed by atoms with E-state index in [0.29, 0.717) is 31.4 Å². The van der Waals surface area contributed by atoms with Crippen LogP contribution in [0.25, 0.3) is 0 Å². The van der Waals surface area contributed by atoms with E-state index < -0.39 is 30.0 Å². The van der Waals surface area contributed by atoms with Gasteiger partial charge in [-0.3, -0.25) is 9.59 Å². The van der Waals surface area contributed by atoms with Gasteiger partial charge in [-0.2, -0.15) is 24.9 Å². The molecule has 1 aliphatic carbocycles. The molecule has 108 valence electrons. The van der Waals surface area contributed by atoms with Crippen molar-refractivity contribution in [2.75, 3.05) is 5.75 Å². The van der Waals surface area contributed by atoms with E-state index in [-0.39, 0.29) is 4.75 Å². The Labute approximate surface area is 112 Å². The van der Waals surface area contributed by atoms with Gasteiger partial charge in [-0.1, -0.05) is 0 Å². The number of hydrogen-bond donors (Lipinski definition) is 2. The first kappa shape index (κ1) is 14.5. The largest absolute Gasteiger partial charge is 0.481 e. The predicted octanol–water partition coefficient (Wildman–Crippen LogP) is 1.79. The van der Waals surface area contributed by atoms with Gasteiger partial charge in [0.1, 0.15) is 0 Å². The van der Waals surface area contributed by atoms with Gasteiger partial charge in [-0.25, -0.2) is 0 Å². The lowest BCUT2D eigenvalue weighted by atomic mass is 9.70. The number of carboxylic acids is 1. The molecule has 0 aromatic heterocycles. The number of aliphatic carboxylic acids is 1. The summed E-state index contributed by atoms with van der Waals surface area (Å²) in [6.07, 6.45) is -2.99. The summed E-state index contributed by atoms with van der Waals surface area (Å²) < 4.78 is 36.2. The number of thioether (sulfide) groups is 1. The number of carbonyl (C=O) groups excluding carboxylic acids is 1. The lowest BCUT2D eigenvalue weighted by molar-refractivity contribution is -0.174. The Bertz CT molecular complexity index is 393. The second-order valence-corrected chi connectivity index (χ2v) is 6.70. The minimum Gasteiger partial charge on any atom is -0.481 e. The van der Waals surface area contributed by atoms with Crippen molar-refractivity contribution >= 4 is 23.6 Å². The third-order valence-electron chi connectivity index (χ3n) is 3.67. The standard InChI is InChI=1S/C11H14F3NO3S/c12-11(13,14)9(18)15-7-1-2-19-10(5-7)3-6(4-10)8(16)17/h6-7H,1-5H2,(H,15,18)(H,16,17). The van der Waals surface area contributed by atoms with Gasteiger partial charge >= 0.3 is 18.1 Å². The average Bonchev–Trinajstić information content (AvgIpc) is 2.24. The fraction of sp³-hybridized carbons (Fsp3) is 0.818. The van der Waals surface area contributed by atoms with E-state index in [0.717, 1.165) is 0 Å². The van der Waals surface area contributed by atoms with Crippen molar-refractivity contribution in [1.82, 2.24) is 5.32 Å². The number of carboxylic acid groups (broad SMARTS) is 1. The number of nitrogens with one attached hydrogen (secondary N) is 1. The van der Waals surface area contributed by atoms with E-state index in [4.69, 9.17) is 5.11 Å². The molecule has 2 rings (SSSR count). The number of hydrogen-bond acceptors (Lipinski definition) is 3. The fourth-order valence-electron chi connectivity index (χ4n) is 2.72. The van der Waals surface area contributed by atoms with Crippen LogP contribution in [0.3, 0.4) is 0 Å². The second-order valence-electron chi connectivity index (χ2n) is 5.14. The highest BCUT2D eigenvalue weighted by Crippen LogP contribution is 2.53. The van der Waals surface area contributed by atoms with Gasteiger partial charge in [0.15, 0.2) is 0 Å².